The summed E-state index contributed by atoms with van der Waals surface area (Å²) in [6.45, 7) is -1.07. The lowest BCUT2D eigenvalue weighted by atomic mass is 9.75. The summed E-state index contributed by atoms with van der Waals surface area (Å²) in [6.07, 6.45) is -1.92. The van der Waals surface area contributed by atoms with Gasteiger partial charge in [-0.1, -0.05) is 17.7 Å². The lowest BCUT2D eigenvalue weighted by molar-refractivity contribution is -0.193. The molecule has 240 valence electrons. The summed E-state index contributed by atoms with van der Waals surface area (Å²) >= 11 is 6.60. The molecular formula is C28H35ClF5N3O5S. The number of hydrogen-bond acceptors (Lipinski definition) is 6. The van der Waals surface area contributed by atoms with Crippen LogP contribution in [0.4, 0.5) is 22.0 Å². The highest BCUT2D eigenvalue weighted by atomic mass is 35.5. The molecule has 1 amide bonds. The van der Waals surface area contributed by atoms with Crippen LogP contribution >= 0.6 is 11.6 Å². The fourth-order valence-corrected chi connectivity index (χ4v) is 7.52. The second-order valence-corrected chi connectivity index (χ2v) is 14.1. The predicted octanol–water partition coefficient (Wildman–Crippen LogP) is 6.10. The highest BCUT2D eigenvalue weighted by Crippen LogP contribution is 2.47. The molecule has 0 unspecified atom stereocenters. The zero-order valence-electron chi connectivity index (χ0n) is 23.8. The first-order valence-corrected chi connectivity index (χ1v) is 16.5. The van der Waals surface area contributed by atoms with Gasteiger partial charge in [0.05, 0.1) is 27.5 Å². The highest BCUT2D eigenvalue weighted by Gasteiger charge is 2.46. The van der Waals surface area contributed by atoms with Crippen molar-refractivity contribution in [2.24, 2.45) is 11.8 Å². The summed E-state index contributed by atoms with van der Waals surface area (Å²) in [5, 5.41) is 17.7. The van der Waals surface area contributed by atoms with Gasteiger partial charge in [-0.2, -0.15) is 27.1 Å². The maximum absolute atomic E-state index is 13.5. The number of aliphatic hydroxyl groups is 1. The number of amides is 1. The van der Waals surface area contributed by atoms with Crippen molar-refractivity contribution in [3.8, 4) is 17.0 Å². The van der Waals surface area contributed by atoms with Crippen molar-refractivity contribution in [2.75, 3.05) is 12.8 Å². The van der Waals surface area contributed by atoms with Gasteiger partial charge in [-0.05, 0) is 81.9 Å². The summed E-state index contributed by atoms with van der Waals surface area (Å²) in [4.78, 5) is 13.1. The first kappa shape index (κ1) is 33.4. The number of carbonyl (C=O) groups excluding carboxylic acids is 1. The van der Waals surface area contributed by atoms with Gasteiger partial charge in [0, 0.05) is 24.9 Å². The van der Waals surface area contributed by atoms with Crippen LogP contribution in [0.25, 0.3) is 11.3 Å². The Bertz CT molecular complexity index is 1420. The standard InChI is InChI=1S/C28H35ClF5N3O5S/c1-3-37-24(22(29)23(36-37)25(38)35-15-16-4-7-19(8-5-16)43(2,40)41)20-9-6-18(14-21(20)42-26(30)31)27(39)12-10-17(11-13-27)28(32,33)34/h6,9,14,16-17,19,26,39H,3-5,7-8,10-13,15H2,1-2H3,(H,35,38)/t16-,17-,19-,27+. The van der Waals surface area contributed by atoms with E-state index >= 15 is 0 Å². The number of hydrogen-bond donors (Lipinski definition) is 2. The summed E-state index contributed by atoms with van der Waals surface area (Å²) in [5.41, 5.74) is -1.48. The van der Waals surface area contributed by atoms with Gasteiger partial charge in [0.2, 0.25) is 0 Å². The zero-order valence-corrected chi connectivity index (χ0v) is 25.3. The molecule has 1 heterocycles. The van der Waals surface area contributed by atoms with Crippen LogP contribution in [0.15, 0.2) is 18.2 Å². The Morgan fingerprint density at radius 3 is 2.35 bits per heavy atom. The van der Waals surface area contributed by atoms with E-state index in [1.807, 2.05) is 0 Å². The molecule has 2 saturated carbocycles. The first-order valence-electron chi connectivity index (χ1n) is 14.2. The molecule has 2 N–H and O–H groups in total. The minimum atomic E-state index is -4.38. The number of carbonyl (C=O) groups is 1. The van der Waals surface area contributed by atoms with Crippen LogP contribution in [0.3, 0.4) is 0 Å². The number of nitrogens with zero attached hydrogens (tertiary/aromatic N) is 2. The topological polar surface area (TPSA) is 111 Å². The number of sulfone groups is 1. The van der Waals surface area contributed by atoms with E-state index in [2.05, 4.69) is 10.4 Å². The maximum atomic E-state index is 13.5. The van der Waals surface area contributed by atoms with Gasteiger partial charge in [-0.25, -0.2) is 8.42 Å². The second kappa shape index (κ2) is 12.9. The smallest absolute Gasteiger partial charge is 0.391 e. The van der Waals surface area contributed by atoms with Gasteiger partial charge < -0.3 is 15.2 Å². The van der Waals surface area contributed by atoms with Gasteiger partial charge in [0.25, 0.3) is 5.91 Å². The molecule has 0 saturated heterocycles. The lowest BCUT2D eigenvalue weighted by Crippen LogP contribution is -2.36. The number of rotatable bonds is 9. The van der Waals surface area contributed by atoms with Crippen LogP contribution in [-0.4, -0.2) is 60.1 Å². The van der Waals surface area contributed by atoms with Crippen molar-refractivity contribution in [1.82, 2.24) is 15.1 Å². The summed E-state index contributed by atoms with van der Waals surface area (Å²) in [7, 11) is -3.12. The molecule has 1 aromatic heterocycles. The fraction of sp³-hybridized carbons (Fsp3) is 0.643. The molecule has 2 fully saturated rings. The third kappa shape index (κ3) is 7.62. The van der Waals surface area contributed by atoms with E-state index in [-0.39, 0.29) is 83.2 Å². The van der Waals surface area contributed by atoms with E-state index in [0.717, 1.165) is 0 Å². The number of ether oxygens (including phenoxy) is 1. The van der Waals surface area contributed by atoms with E-state index in [0.29, 0.717) is 25.7 Å². The van der Waals surface area contributed by atoms with Crippen molar-refractivity contribution in [1.29, 1.82) is 0 Å². The minimum Gasteiger partial charge on any atom is -0.434 e. The van der Waals surface area contributed by atoms with Crippen LogP contribution in [0.5, 0.6) is 5.75 Å². The van der Waals surface area contributed by atoms with Crippen LogP contribution < -0.4 is 10.1 Å². The van der Waals surface area contributed by atoms with Crippen molar-refractivity contribution >= 4 is 27.3 Å². The number of alkyl halides is 5. The van der Waals surface area contributed by atoms with Gasteiger partial charge in [0.15, 0.2) is 5.69 Å². The van der Waals surface area contributed by atoms with Gasteiger partial charge in [0.1, 0.15) is 15.6 Å². The molecule has 0 bridgehead atoms. The van der Waals surface area contributed by atoms with E-state index < -0.39 is 40.1 Å². The molecule has 2 aliphatic carbocycles. The Morgan fingerprint density at radius 2 is 1.81 bits per heavy atom. The Hall–Kier alpha value is -2.45. The van der Waals surface area contributed by atoms with Crippen molar-refractivity contribution in [3.63, 3.8) is 0 Å². The van der Waals surface area contributed by atoms with Crippen LogP contribution in [0.2, 0.25) is 5.02 Å². The molecule has 8 nitrogen and oxygen atoms in total. The average molecular weight is 656 g/mol. The van der Waals surface area contributed by atoms with Gasteiger partial charge in [-0.15, -0.1) is 0 Å². The van der Waals surface area contributed by atoms with Crippen molar-refractivity contribution < 1.29 is 45.0 Å². The third-order valence-electron chi connectivity index (χ3n) is 8.63. The van der Waals surface area contributed by atoms with Crippen LogP contribution in [0.1, 0.15) is 74.3 Å². The van der Waals surface area contributed by atoms with Crippen LogP contribution in [0, 0.1) is 11.8 Å². The van der Waals surface area contributed by atoms with Crippen molar-refractivity contribution in [2.45, 2.75) is 88.5 Å². The SMILES string of the molecule is CCn1nc(C(=O)NC[C@H]2CC[C@H](S(C)(=O)=O)CC2)c(Cl)c1-c1ccc([C@]2(O)CC[C@@H](C(F)(F)F)CC2)cc1OC(F)F. The van der Waals surface area contributed by atoms with E-state index in [9.17, 15) is 40.3 Å². The average Bonchev–Trinajstić information content (AvgIpc) is 3.26. The normalized spacial score (nSPS) is 25.1. The Balaban J connectivity index is 1.56. The molecule has 43 heavy (non-hydrogen) atoms. The number of aromatic nitrogens is 2. The van der Waals surface area contributed by atoms with Crippen molar-refractivity contribution in [3.05, 3.63) is 34.5 Å². The van der Waals surface area contributed by atoms with E-state index in [4.69, 9.17) is 16.3 Å². The number of halogens is 6. The lowest BCUT2D eigenvalue weighted by Gasteiger charge is -2.37. The largest absolute Gasteiger partial charge is 0.434 e. The minimum absolute atomic E-state index is 0.0640. The third-order valence-corrected chi connectivity index (χ3v) is 10.7. The molecule has 0 spiro atoms. The Morgan fingerprint density at radius 1 is 1.19 bits per heavy atom. The molecule has 0 atom stereocenters. The maximum Gasteiger partial charge on any atom is 0.391 e. The van der Waals surface area contributed by atoms with E-state index in [1.54, 1.807) is 6.92 Å². The molecule has 15 heteroatoms. The number of benzene rings is 1. The Labute approximate surface area is 251 Å². The first-order chi connectivity index (χ1) is 20.0. The van der Waals surface area contributed by atoms with Crippen LogP contribution in [-0.2, 0) is 22.0 Å². The monoisotopic (exact) mass is 655 g/mol. The molecule has 2 aliphatic rings. The number of nitrogens with one attached hydrogen (secondary N) is 1. The van der Waals surface area contributed by atoms with Gasteiger partial charge >= 0.3 is 12.8 Å². The fourth-order valence-electron chi connectivity index (χ4n) is 6.07. The summed E-state index contributed by atoms with van der Waals surface area (Å²) < 4.78 is 96.2. The molecule has 1 aromatic carbocycles. The summed E-state index contributed by atoms with van der Waals surface area (Å²) in [5.74, 6) is -2.44. The number of aryl methyl sites for hydroxylation is 1. The summed E-state index contributed by atoms with van der Waals surface area (Å²) in [6, 6.07) is 3.97. The molecular weight excluding hydrogens is 621 g/mol. The van der Waals surface area contributed by atoms with Gasteiger partial charge in [-0.3, -0.25) is 9.48 Å². The predicted molar refractivity (Wildman–Crippen MR) is 150 cm³/mol. The highest BCUT2D eigenvalue weighted by molar-refractivity contribution is 7.91. The quantitative estimate of drug-likeness (QED) is 0.316. The molecule has 4 rings (SSSR count). The Kier molecular flexibility index (Phi) is 10.0. The zero-order chi connectivity index (χ0) is 31.7. The second-order valence-electron chi connectivity index (χ2n) is 11.4. The van der Waals surface area contributed by atoms with E-state index in [1.165, 1.54) is 29.1 Å². The molecule has 2 aromatic rings. The molecule has 0 aliphatic heterocycles. The molecule has 0 radical (unpaired) electrons.